The molecule has 1 aliphatic carbocycles. The molecule has 0 aromatic heterocycles. The van der Waals surface area contributed by atoms with E-state index in [-0.39, 0.29) is 48.1 Å². The van der Waals surface area contributed by atoms with Crippen LogP contribution in [0.2, 0.25) is 0 Å². The van der Waals surface area contributed by atoms with Crippen LogP contribution >= 0.6 is 24.8 Å². The number of piperazine rings is 1. The summed E-state index contributed by atoms with van der Waals surface area (Å²) in [6.07, 6.45) is 4.02. The van der Waals surface area contributed by atoms with Crippen molar-refractivity contribution in [3.05, 3.63) is 35.9 Å². The molecule has 29 heavy (non-hydrogen) atoms. The molecular weight excluding hydrogens is 411 g/mol. The lowest BCUT2D eigenvalue weighted by molar-refractivity contribution is -0.140. The highest BCUT2D eigenvalue weighted by Crippen LogP contribution is 2.33. The molecule has 1 saturated carbocycles. The summed E-state index contributed by atoms with van der Waals surface area (Å²) in [6.45, 7) is 5.77. The Balaban J connectivity index is 0.00000210. The molecule has 1 saturated heterocycles. The highest BCUT2D eigenvalue weighted by Gasteiger charge is 2.40. The quantitative estimate of drug-likeness (QED) is 0.729. The van der Waals surface area contributed by atoms with Gasteiger partial charge in [-0.3, -0.25) is 14.5 Å². The Bertz CT molecular complexity index is 649. The molecule has 1 heterocycles. The molecule has 0 radical (unpaired) electrons. The second kappa shape index (κ2) is 11.7. The Hall–Kier alpha value is -1.34. The predicted molar refractivity (Wildman–Crippen MR) is 120 cm³/mol. The highest BCUT2D eigenvalue weighted by molar-refractivity contribution is 5.85. The molecule has 2 aliphatic rings. The Labute approximate surface area is 186 Å². The summed E-state index contributed by atoms with van der Waals surface area (Å²) < 4.78 is 0. The van der Waals surface area contributed by atoms with E-state index in [1.54, 1.807) is 0 Å². The molecule has 2 fully saturated rings. The average molecular weight is 445 g/mol. The van der Waals surface area contributed by atoms with Crippen LogP contribution in [0.3, 0.4) is 0 Å². The van der Waals surface area contributed by atoms with Crippen LogP contribution in [0.1, 0.15) is 38.2 Å². The molecule has 2 amide bonds. The number of carbonyl (C=O) groups excluding carboxylic acids is 2. The van der Waals surface area contributed by atoms with E-state index in [0.29, 0.717) is 26.2 Å². The average Bonchev–Trinajstić information content (AvgIpc) is 2.67. The molecule has 0 bridgehead atoms. The minimum Gasteiger partial charge on any atom is -0.351 e. The standard InChI is InChI=1S/C21H32N4O2.2ClH/c1-21(22)10-6-5-9-18(21)20(27)25-13-11-24(12-14-25)16-19(26)23-15-17-7-3-2-4-8-17;;/h2-4,7-8,18H,5-6,9-16,22H2,1H3,(H,23,26);2*1H. The van der Waals surface area contributed by atoms with Gasteiger partial charge in [0.15, 0.2) is 0 Å². The summed E-state index contributed by atoms with van der Waals surface area (Å²) >= 11 is 0. The van der Waals surface area contributed by atoms with Gasteiger partial charge in [-0.05, 0) is 25.3 Å². The topological polar surface area (TPSA) is 78.7 Å². The lowest BCUT2D eigenvalue weighted by atomic mass is 9.74. The molecular formula is C21H34Cl2N4O2. The van der Waals surface area contributed by atoms with Gasteiger partial charge in [-0.25, -0.2) is 0 Å². The van der Waals surface area contributed by atoms with E-state index in [1.165, 1.54) is 0 Å². The zero-order chi connectivity index (χ0) is 19.3. The molecule has 164 valence electrons. The number of nitrogens with two attached hydrogens (primary N) is 1. The molecule has 8 heteroatoms. The molecule has 6 nitrogen and oxygen atoms in total. The van der Waals surface area contributed by atoms with Crippen molar-refractivity contribution in [1.29, 1.82) is 0 Å². The van der Waals surface area contributed by atoms with Crippen molar-refractivity contribution in [1.82, 2.24) is 15.1 Å². The van der Waals surface area contributed by atoms with Gasteiger partial charge in [0, 0.05) is 38.3 Å². The van der Waals surface area contributed by atoms with Gasteiger partial charge in [0.1, 0.15) is 0 Å². The molecule has 0 spiro atoms. The van der Waals surface area contributed by atoms with Gasteiger partial charge in [0.2, 0.25) is 11.8 Å². The Morgan fingerprint density at radius 3 is 2.38 bits per heavy atom. The van der Waals surface area contributed by atoms with Gasteiger partial charge in [0.25, 0.3) is 0 Å². The van der Waals surface area contributed by atoms with Crippen LogP contribution in [0, 0.1) is 5.92 Å². The zero-order valence-corrected chi connectivity index (χ0v) is 18.8. The van der Waals surface area contributed by atoms with Crippen molar-refractivity contribution in [2.45, 2.75) is 44.7 Å². The lowest BCUT2D eigenvalue weighted by Crippen LogP contribution is -2.57. The highest BCUT2D eigenvalue weighted by atomic mass is 35.5. The second-order valence-electron chi connectivity index (χ2n) is 8.17. The first kappa shape index (κ1) is 25.7. The first-order valence-corrected chi connectivity index (χ1v) is 10.1. The van der Waals surface area contributed by atoms with Crippen molar-refractivity contribution >= 4 is 36.6 Å². The molecule has 3 rings (SSSR count). The van der Waals surface area contributed by atoms with Crippen LogP contribution in [0.25, 0.3) is 0 Å². The van der Waals surface area contributed by atoms with Crippen molar-refractivity contribution in [3.63, 3.8) is 0 Å². The van der Waals surface area contributed by atoms with Gasteiger partial charge >= 0.3 is 0 Å². The minimum absolute atomic E-state index is 0. The normalized spacial score (nSPS) is 24.8. The van der Waals surface area contributed by atoms with E-state index in [4.69, 9.17) is 5.73 Å². The number of benzene rings is 1. The fourth-order valence-corrected chi connectivity index (χ4v) is 4.17. The van der Waals surface area contributed by atoms with E-state index >= 15 is 0 Å². The van der Waals surface area contributed by atoms with Crippen LogP contribution in [-0.4, -0.2) is 59.9 Å². The summed E-state index contributed by atoms with van der Waals surface area (Å²) in [5.41, 5.74) is 7.10. The second-order valence-corrected chi connectivity index (χ2v) is 8.17. The van der Waals surface area contributed by atoms with Gasteiger partial charge in [-0.2, -0.15) is 0 Å². The molecule has 1 aromatic carbocycles. The number of rotatable bonds is 5. The monoisotopic (exact) mass is 444 g/mol. The molecule has 1 aromatic rings. The molecule has 2 unspecified atom stereocenters. The Kier molecular flexibility index (Phi) is 10.4. The van der Waals surface area contributed by atoms with Crippen LogP contribution in [0.15, 0.2) is 30.3 Å². The summed E-state index contributed by atoms with van der Waals surface area (Å²) in [7, 11) is 0. The first-order valence-electron chi connectivity index (χ1n) is 10.1. The van der Waals surface area contributed by atoms with Crippen LogP contribution in [0.5, 0.6) is 0 Å². The number of hydrogen-bond donors (Lipinski definition) is 2. The summed E-state index contributed by atoms with van der Waals surface area (Å²) in [5.74, 6) is 0.167. The van der Waals surface area contributed by atoms with Crippen LogP contribution in [0.4, 0.5) is 0 Å². The summed E-state index contributed by atoms with van der Waals surface area (Å²) in [6, 6.07) is 9.90. The number of nitrogens with zero attached hydrogens (tertiary/aromatic N) is 2. The van der Waals surface area contributed by atoms with Crippen LogP contribution < -0.4 is 11.1 Å². The third-order valence-electron chi connectivity index (χ3n) is 5.94. The van der Waals surface area contributed by atoms with Crippen molar-refractivity contribution in [2.75, 3.05) is 32.7 Å². The number of hydrogen-bond acceptors (Lipinski definition) is 4. The number of halogens is 2. The van der Waals surface area contributed by atoms with Gasteiger partial charge < -0.3 is 16.0 Å². The van der Waals surface area contributed by atoms with Crippen LogP contribution in [-0.2, 0) is 16.1 Å². The third-order valence-corrected chi connectivity index (χ3v) is 5.94. The van der Waals surface area contributed by atoms with Crippen molar-refractivity contribution in [2.24, 2.45) is 11.7 Å². The first-order chi connectivity index (χ1) is 13.0. The Morgan fingerprint density at radius 2 is 1.76 bits per heavy atom. The smallest absolute Gasteiger partial charge is 0.234 e. The third kappa shape index (κ3) is 7.14. The molecule has 1 aliphatic heterocycles. The lowest BCUT2D eigenvalue weighted by Gasteiger charge is -2.42. The summed E-state index contributed by atoms with van der Waals surface area (Å²) in [5, 5.41) is 2.97. The SMILES string of the molecule is CC1(N)CCCCC1C(=O)N1CCN(CC(=O)NCc2ccccc2)CC1.Cl.Cl. The van der Waals surface area contributed by atoms with E-state index in [0.717, 1.165) is 44.3 Å². The summed E-state index contributed by atoms with van der Waals surface area (Å²) in [4.78, 5) is 29.1. The number of nitrogens with one attached hydrogen (secondary N) is 1. The molecule has 2 atom stereocenters. The van der Waals surface area contributed by atoms with Crippen molar-refractivity contribution in [3.8, 4) is 0 Å². The van der Waals surface area contributed by atoms with E-state index in [9.17, 15) is 9.59 Å². The number of amides is 2. The predicted octanol–water partition coefficient (Wildman–Crippen LogP) is 2.20. The minimum atomic E-state index is -0.385. The maximum atomic E-state index is 12.9. The van der Waals surface area contributed by atoms with E-state index in [2.05, 4.69) is 10.2 Å². The van der Waals surface area contributed by atoms with Gasteiger partial charge in [-0.1, -0.05) is 43.2 Å². The van der Waals surface area contributed by atoms with Gasteiger partial charge in [-0.15, -0.1) is 24.8 Å². The number of carbonyl (C=O) groups is 2. The zero-order valence-electron chi connectivity index (χ0n) is 17.1. The van der Waals surface area contributed by atoms with E-state index in [1.807, 2.05) is 42.2 Å². The van der Waals surface area contributed by atoms with Gasteiger partial charge in [0.05, 0.1) is 12.5 Å². The van der Waals surface area contributed by atoms with Crippen molar-refractivity contribution < 1.29 is 9.59 Å². The fraction of sp³-hybridized carbons (Fsp3) is 0.619. The fourth-order valence-electron chi connectivity index (χ4n) is 4.17. The largest absolute Gasteiger partial charge is 0.351 e. The Morgan fingerprint density at radius 1 is 1.10 bits per heavy atom. The maximum absolute atomic E-state index is 12.9. The molecule has 3 N–H and O–H groups in total. The maximum Gasteiger partial charge on any atom is 0.234 e. The van der Waals surface area contributed by atoms with E-state index < -0.39 is 0 Å².